The van der Waals surface area contributed by atoms with Crippen LogP contribution >= 0.6 is 23.4 Å². The Morgan fingerprint density at radius 1 is 1.47 bits per heavy atom. The van der Waals surface area contributed by atoms with Crippen molar-refractivity contribution in [3.05, 3.63) is 11.2 Å². The van der Waals surface area contributed by atoms with Gasteiger partial charge in [0.2, 0.25) is 5.95 Å². The smallest absolute Gasteiger partial charge is 0.224 e. The molecule has 2 N–H and O–H groups in total. The molecule has 0 radical (unpaired) electrons. The number of rotatable bonds is 7. The van der Waals surface area contributed by atoms with E-state index < -0.39 is 0 Å². The summed E-state index contributed by atoms with van der Waals surface area (Å²) in [5, 5.41) is 6.88. The standard InChI is InChI=1S/C11H19ClN4S/c1-4-13-11-15-6-9(12)10(16-11)14-5-8(2)7-17-3/h6,8H,4-5,7H2,1-3H3,(H2,13,14,15,16). The van der Waals surface area contributed by atoms with E-state index in [-0.39, 0.29) is 0 Å². The van der Waals surface area contributed by atoms with Crippen molar-refractivity contribution in [3.8, 4) is 0 Å². The average Bonchev–Trinajstić information content (AvgIpc) is 2.30. The largest absolute Gasteiger partial charge is 0.368 e. The molecule has 0 bridgehead atoms. The molecule has 1 unspecified atom stereocenters. The highest BCUT2D eigenvalue weighted by atomic mass is 35.5. The Kier molecular flexibility index (Phi) is 6.44. The van der Waals surface area contributed by atoms with Crippen molar-refractivity contribution in [3.63, 3.8) is 0 Å². The Labute approximate surface area is 112 Å². The maximum absolute atomic E-state index is 6.04. The number of aromatic nitrogens is 2. The van der Waals surface area contributed by atoms with Crippen LogP contribution in [0.1, 0.15) is 13.8 Å². The number of anilines is 2. The van der Waals surface area contributed by atoms with Gasteiger partial charge in [-0.1, -0.05) is 18.5 Å². The number of hydrogen-bond donors (Lipinski definition) is 2. The van der Waals surface area contributed by atoms with Crippen molar-refractivity contribution in [2.75, 3.05) is 35.7 Å². The predicted octanol–water partition coefficient (Wildman–Crippen LogP) is 2.97. The van der Waals surface area contributed by atoms with Gasteiger partial charge >= 0.3 is 0 Å². The molecule has 6 heteroatoms. The molecule has 17 heavy (non-hydrogen) atoms. The SMILES string of the molecule is CCNc1ncc(Cl)c(NCC(C)CSC)n1. The second kappa shape index (κ2) is 7.61. The summed E-state index contributed by atoms with van der Waals surface area (Å²) in [6, 6.07) is 0. The second-order valence-corrected chi connectivity index (χ2v) is 5.18. The van der Waals surface area contributed by atoms with Crippen molar-refractivity contribution in [1.29, 1.82) is 0 Å². The lowest BCUT2D eigenvalue weighted by Crippen LogP contribution is -2.15. The third kappa shape index (κ3) is 5.00. The Morgan fingerprint density at radius 3 is 2.88 bits per heavy atom. The minimum Gasteiger partial charge on any atom is -0.368 e. The van der Waals surface area contributed by atoms with Crippen LogP contribution in [0.3, 0.4) is 0 Å². The first kappa shape index (κ1) is 14.4. The second-order valence-electron chi connectivity index (χ2n) is 3.86. The summed E-state index contributed by atoms with van der Waals surface area (Å²) in [4.78, 5) is 8.42. The minimum atomic E-state index is 0.558. The van der Waals surface area contributed by atoms with Crippen LogP contribution in [0.15, 0.2) is 6.20 Å². The van der Waals surface area contributed by atoms with Crippen molar-refractivity contribution in [2.45, 2.75) is 13.8 Å². The fourth-order valence-corrected chi connectivity index (χ4v) is 2.19. The molecule has 0 aliphatic heterocycles. The molecule has 0 spiro atoms. The summed E-state index contributed by atoms with van der Waals surface area (Å²) in [7, 11) is 0. The van der Waals surface area contributed by atoms with Crippen LogP contribution in [0, 0.1) is 5.92 Å². The van der Waals surface area contributed by atoms with Crippen LogP contribution in [-0.4, -0.2) is 35.1 Å². The van der Waals surface area contributed by atoms with Crippen molar-refractivity contribution >= 4 is 35.1 Å². The summed E-state index contributed by atoms with van der Waals surface area (Å²) in [6.07, 6.45) is 3.73. The molecule has 4 nitrogen and oxygen atoms in total. The van der Waals surface area contributed by atoms with Crippen LogP contribution in [0.4, 0.5) is 11.8 Å². The zero-order chi connectivity index (χ0) is 12.7. The van der Waals surface area contributed by atoms with Gasteiger partial charge in [-0.25, -0.2) is 4.98 Å². The molecular formula is C11H19ClN4S. The van der Waals surface area contributed by atoms with E-state index in [0.717, 1.165) is 18.8 Å². The van der Waals surface area contributed by atoms with Crippen molar-refractivity contribution in [2.24, 2.45) is 5.92 Å². The fourth-order valence-electron chi connectivity index (χ4n) is 1.35. The average molecular weight is 275 g/mol. The molecule has 0 aliphatic rings. The third-order valence-corrected chi connectivity index (χ3v) is 3.33. The molecule has 0 fully saturated rings. The summed E-state index contributed by atoms with van der Waals surface area (Å²) >= 11 is 7.88. The van der Waals surface area contributed by atoms with Gasteiger partial charge in [0, 0.05) is 13.1 Å². The van der Waals surface area contributed by atoms with Gasteiger partial charge in [0.1, 0.15) is 10.8 Å². The highest BCUT2D eigenvalue weighted by Gasteiger charge is 2.06. The summed E-state index contributed by atoms with van der Waals surface area (Å²) in [5.74, 6) is 3.01. The first-order chi connectivity index (χ1) is 8.17. The number of nitrogens with one attached hydrogen (secondary N) is 2. The Hall–Kier alpha value is -0.680. The van der Waals surface area contributed by atoms with Crippen LogP contribution in [0.5, 0.6) is 0 Å². The van der Waals surface area contributed by atoms with Gasteiger partial charge in [-0.15, -0.1) is 0 Å². The van der Waals surface area contributed by atoms with Gasteiger partial charge < -0.3 is 10.6 Å². The van der Waals surface area contributed by atoms with E-state index in [1.807, 2.05) is 18.7 Å². The minimum absolute atomic E-state index is 0.558. The number of thioether (sulfide) groups is 1. The van der Waals surface area contributed by atoms with Crippen LogP contribution in [-0.2, 0) is 0 Å². The molecule has 0 aliphatic carbocycles. The maximum atomic E-state index is 6.04. The number of nitrogens with zero attached hydrogens (tertiary/aromatic N) is 2. The molecule has 1 rings (SSSR count). The molecule has 0 aromatic carbocycles. The highest BCUT2D eigenvalue weighted by molar-refractivity contribution is 7.98. The molecular weight excluding hydrogens is 256 g/mol. The van der Waals surface area contributed by atoms with Gasteiger partial charge in [-0.2, -0.15) is 16.7 Å². The predicted molar refractivity (Wildman–Crippen MR) is 77.2 cm³/mol. The third-order valence-electron chi connectivity index (χ3n) is 2.15. The van der Waals surface area contributed by atoms with Crippen molar-refractivity contribution < 1.29 is 0 Å². The van der Waals surface area contributed by atoms with Gasteiger partial charge in [0.05, 0.1) is 6.20 Å². The number of hydrogen-bond acceptors (Lipinski definition) is 5. The maximum Gasteiger partial charge on any atom is 0.224 e. The van der Waals surface area contributed by atoms with E-state index in [1.165, 1.54) is 0 Å². The van der Waals surface area contributed by atoms with E-state index in [1.54, 1.807) is 6.20 Å². The Bertz CT molecular complexity index is 348. The summed E-state index contributed by atoms with van der Waals surface area (Å²) in [5.41, 5.74) is 0. The Morgan fingerprint density at radius 2 is 2.24 bits per heavy atom. The normalized spacial score (nSPS) is 12.2. The van der Waals surface area contributed by atoms with E-state index in [9.17, 15) is 0 Å². The monoisotopic (exact) mass is 274 g/mol. The first-order valence-corrected chi connectivity index (χ1v) is 7.43. The van der Waals surface area contributed by atoms with Gasteiger partial charge in [-0.3, -0.25) is 0 Å². The number of halogens is 1. The molecule has 0 amide bonds. The van der Waals surface area contributed by atoms with Gasteiger partial charge in [-0.05, 0) is 24.9 Å². The van der Waals surface area contributed by atoms with Crippen molar-refractivity contribution in [1.82, 2.24) is 9.97 Å². The lowest BCUT2D eigenvalue weighted by molar-refractivity contribution is 0.699. The molecule has 1 aromatic heterocycles. The molecule has 1 aromatic rings. The van der Waals surface area contributed by atoms with E-state index in [0.29, 0.717) is 22.7 Å². The quantitative estimate of drug-likeness (QED) is 0.801. The van der Waals surface area contributed by atoms with Crippen LogP contribution in [0.25, 0.3) is 0 Å². The molecule has 0 saturated heterocycles. The molecule has 1 atom stereocenters. The fraction of sp³-hybridized carbons (Fsp3) is 0.636. The summed E-state index contributed by atoms with van der Waals surface area (Å²) in [6.45, 7) is 5.86. The zero-order valence-corrected chi connectivity index (χ0v) is 12.0. The lowest BCUT2D eigenvalue weighted by atomic mass is 10.2. The topological polar surface area (TPSA) is 49.8 Å². The van der Waals surface area contributed by atoms with Crippen LogP contribution < -0.4 is 10.6 Å². The molecule has 1 heterocycles. The summed E-state index contributed by atoms with van der Waals surface area (Å²) < 4.78 is 0. The van der Waals surface area contributed by atoms with Gasteiger partial charge in [0.15, 0.2) is 0 Å². The van der Waals surface area contributed by atoms with E-state index in [4.69, 9.17) is 11.6 Å². The highest BCUT2D eigenvalue weighted by Crippen LogP contribution is 2.19. The van der Waals surface area contributed by atoms with Crippen LogP contribution in [0.2, 0.25) is 5.02 Å². The van der Waals surface area contributed by atoms with E-state index in [2.05, 4.69) is 33.8 Å². The zero-order valence-electron chi connectivity index (χ0n) is 10.5. The van der Waals surface area contributed by atoms with Gasteiger partial charge in [0.25, 0.3) is 0 Å². The molecule has 96 valence electrons. The first-order valence-electron chi connectivity index (χ1n) is 5.66. The Balaban J connectivity index is 2.59. The lowest BCUT2D eigenvalue weighted by Gasteiger charge is -2.13. The van der Waals surface area contributed by atoms with E-state index >= 15 is 0 Å². The molecule has 0 saturated carbocycles.